The maximum absolute atomic E-state index is 8.64. The van der Waals surface area contributed by atoms with Gasteiger partial charge in [-0.3, -0.25) is 4.98 Å². The van der Waals surface area contributed by atoms with E-state index in [1.54, 1.807) is 12.4 Å². The minimum Gasteiger partial charge on any atom is -0.396 e. The van der Waals surface area contributed by atoms with Gasteiger partial charge in [-0.1, -0.05) is 6.92 Å². The average molecular weight is 224 g/mol. The van der Waals surface area contributed by atoms with Gasteiger partial charge < -0.3 is 15.7 Å². The molecule has 1 aromatic rings. The molecule has 3 N–H and O–H groups in total. The van der Waals surface area contributed by atoms with Gasteiger partial charge in [-0.15, -0.1) is 0 Å². The topological polar surface area (TPSA) is 70.1 Å². The van der Waals surface area contributed by atoms with Crippen molar-refractivity contribution in [3.8, 4) is 0 Å². The molecule has 0 saturated carbocycles. The van der Waals surface area contributed by atoms with Crippen molar-refractivity contribution in [1.29, 1.82) is 0 Å². The Morgan fingerprint density at radius 3 is 2.44 bits per heavy atom. The zero-order valence-electron chi connectivity index (χ0n) is 9.74. The van der Waals surface area contributed by atoms with Crippen LogP contribution in [-0.2, 0) is 0 Å². The van der Waals surface area contributed by atoms with Gasteiger partial charge in [0.15, 0.2) is 0 Å². The van der Waals surface area contributed by atoms with E-state index in [2.05, 4.69) is 27.5 Å². The Bertz CT molecular complexity index is 293. The lowest BCUT2D eigenvalue weighted by molar-refractivity contribution is 0.286. The molecule has 1 heterocycles. The van der Waals surface area contributed by atoms with Gasteiger partial charge in [0.2, 0.25) is 0 Å². The predicted octanol–water partition coefficient (Wildman–Crippen LogP) is 1.48. The molecule has 0 unspecified atom stereocenters. The summed E-state index contributed by atoms with van der Waals surface area (Å²) in [5, 5.41) is 15.0. The molecule has 0 saturated heterocycles. The highest BCUT2D eigenvalue weighted by Gasteiger charge is 1.97. The molecule has 0 aromatic carbocycles. The van der Waals surface area contributed by atoms with Crippen molar-refractivity contribution in [3.05, 3.63) is 12.4 Å². The van der Waals surface area contributed by atoms with Crippen LogP contribution in [0.5, 0.6) is 0 Å². The first kappa shape index (κ1) is 12.7. The number of aliphatic hydroxyl groups excluding tert-OH is 1. The summed E-state index contributed by atoms with van der Waals surface area (Å²) in [6.07, 6.45) is 6.24. The van der Waals surface area contributed by atoms with Gasteiger partial charge in [-0.2, -0.15) is 0 Å². The van der Waals surface area contributed by atoms with Crippen LogP contribution in [-0.4, -0.2) is 34.8 Å². The number of nitrogens with zero attached hydrogens (tertiary/aromatic N) is 2. The number of aliphatic hydroxyl groups is 1. The molecule has 0 bridgehead atoms. The highest BCUT2D eigenvalue weighted by Crippen LogP contribution is 2.06. The van der Waals surface area contributed by atoms with Crippen LogP contribution < -0.4 is 10.6 Å². The second-order valence-electron chi connectivity index (χ2n) is 3.57. The smallest absolute Gasteiger partial charge is 0.146 e. The first-order valence-corrected chi connectivity index (χ1v) is 5.77. The van der Waals surface area contributed by atoms with Crippen LogP contribution in [0.1, 0.15) is 26.2 Å². The average Bonchev–Trinajstić information content (AvgIpc) is 2.33. The number of hydrogen-bond donors (Lipinski definition) is 3. The van der Waals surface area contributed by atoms with Crippen molar-refractivity contribution in [2.24, 2.45) is 0 Å². The minimum atomic E-state index is 0.242. The number of rotatable bonds is 8. The summed E-state index contributed by atoms with van der Waals surface area (Å²) in [7, 11) is 0. The molecule has 5 nitrogen and oxygen atoms in total. The Balaban J connectivity index is 2.35. The lowest BCUT2D eigenvalue weighted by Gasteiger charge is -2.07. The van der Waals surface area contributed by atoms with Crippen LogP contribution in [0.3, 0.4) is 0 Å². The Labute approximate surface area is 96.3 Å². The summed E-state index contributed by atoms with van der Waals surface area (Å²) in [5.74, 6) is 1.58. The normalized spacial score (nSPS) is 10.1. The minimum absolute atomic E-state index is 0.242. The van der Waals surface area contributed by atoms with Crippen LogP contribution in [0.2, 0.25) is 0 Å². The van der Waals surface area contributed by atoms with Crippen molar-refractivity contribution < 1.29 is 5.11 Å². The van der Waals surface area contributed by atoms with Gasteiger partial charge in [0.05, 0.1) is 12.4 Å². The molecular formula is C11H20N4O. The standard InChI is InChI=1S/C11H20N4O/c1-2-5-13-10-8-12-9-11(15-10)14-6-3-4-7-16/h8-9,16H,2-7H2,1H3,(H2,13,14,15). The number of anilines is 2. The summed E-state index contributed by atoms with van der Waals surface area (Å²) < 4.78 is 0. The maximum Gasteiger partial charge on any atom is 0.146 e. The van der Waals surface area contributed by atoms with Crippen LogP contribution in [0.15, 0.2) is 12.4 Å². The second kappa shape index (κ2) is 7.87. The summed E-state index contributed by atoms with van der Waals surface area (Å²) in [6.45, 7) is 4.07. The Morgan fingerprint density at radius 2 is 1.81 bits per heavy atom. The zero-order chi connectivity index (χ0) is 11.6. The monoisotopic (exact) mass is 224 g/mol. The first-order chi connectivity index (χ1) is 7.86. The summed E-state index contributed by atoms with van der Waals surface area (Å²) >= 11 is 0. The molecule has 0 amide bonds. The first-order valence-electron chi connectivity index (χ1n) is 5.77. The molecule has 0 aliphatic carbocycles. The molecule has 16 heavy (non-hydrogen) atoms. The van der Waals surface area contributed by atoms with Crippen molar-refractivity contribution in [1.82, 2.24) is 9.97 Å². The Morgan fingerprint density at radius 1 is 1.12 bits per heavy atom. The fourth-order valence-corrected chi connectivity index (χ4v) is 1.24. The van der Waals surface area contributed by atoms with Gasteiger partial charge in [0.1, 0.15) is 11.6 Å². The van der Waals surface area contributed by atoms with E-state index < -0.39 is 0 Å². The van der Waals surface area contributed by atoms with Gasteiger partial charge in [0, 0.05) is 19.7 Å². The molecule has 0 fully saturated rings. The molecular weight excluding hydrogens is 204 g/mol. The van der Waals surface area contributed by atoms with E-state index in [4.69, 9.17) is 5.11 Å². The van der Waals surface area contributed by atoms with E-state index in [0.29, 0.717) is 0 Å². The highest BCUT2D eigenvalue weighted by atomic mass is 16.2. The van der Waals surface area contributed by atoms with Gasteiger partial charge in [0.25, 0.3) is 0 Å². The second-order valence-corrected chi connectivity index (χ2v) is 3.57. The van der Waals surface area contributed by atoms with Gasteiger partial charge >= 0.3 is 0 Å². The lowest BCUT2D eigenvalue weighted by Crippen LogP contribution is -2.07. The predicted molar refractivity (Wildman–Crippen MR) is 65.6 cm³/mol. The fourth-order valence-electron chi connectivity index (χ4n) is 1.24. The van der Waals surface area contributed by atoms with E-state index in [9.17, 15) is 0 Å². The Kier molecular flexibility index (Phi) is 6.25. The van der Waals surface area contributed by atoms with Crippen LogP contribution in [0.4, 0.5) is 11.6 Å². The van der Waals surface area contributed by atoms with Crippen LogP contribution in [0, 0.1) is 0 Å². The molecule has 1 aromatic heterocycles. The van der Waals surface area contributed by atoms with E-state index in [0.717, 1.165) is 44.0 Å². The van der Waals surface area contributed by atoms with Crippen LogP contribution in [0.25, 0.3) is 0 Å². The lowest BCUT2D eigenvalue weighted by atomic mass is 10.3. The zero-order valence-corrected chi connectivity index (χ0v) is 9.74. The Hall–Kier alpha value is -1.36. The fraction of sp³-hybridized carbons (Fsp3) is 0.636. The summed E-state index contributed by atoms with van der Waals surface area (Å²) in [4.78, 5) is 8.46. The third-order valence-corrected chi connectivity index (χ3v) is 2.08. The van der Waals surface area contributed by atoms with E-state index in [-0.39, 0.29) is 6.61 Å². The van der Waals surface area contributed by atoms with E-state index >= 15 is 0 Å². The number of nitrogens with one attached hydrogen (secondary N) is 2. The highest BCUT2D eigenvalue weighted by molar-refractivity contribution is 5.41. The van der Waals surface area contributed by atoms with Gasteiger partial charge in [-0.25, -0.2) is 4.98 Å². The van der Waals surface area contributed by atoms with E-state index in [1.807, 2.05) is 0 Å². The van der Waals surface area contributed by atoms with Crippen molar-refractivity contribution in [2.75, 3.05) is 30.3 Å². The molecule has 0 spiro atoms. The third kappa shape index (κ3) is 4.93. The molecule has 0 radical (unpaired) electrons. The molecule has 0 aliphatic rings. The molecule has 1 rings (SSSR count). The molecule has 90 valence electrons. The molecule has 0 aliphatic heterocycles. The molecule has 0 atom stereocenters. The SMILES string of the molecule is CCCNc1cncc(NCCCCO)n1. The largest absolute Gasteiger partial charge is 0.396 e. The maximum atomic E-state index is 8.64. The quantitative estimate of drug-likeness (QED) is 0.583. The van der Waals surface area contributed by atoms with Crippen molar-refractivity contribution in [2.45, 2.75) is 26.2 Å². The summed E-state index contributed by atoms with van der Waals surface area (Å²) in [6, 6.07) is 0. The van der Waals surface area contributed by atoms with E-state index in [1.165, 1.54) is 0 Å². The third-order valence-electron chi connectivity index (χ3n) is 2.08. The van der Waals surface area contributed by atoms with Gasteiger partial charge in [-0.05, 0) is 19.3 Å². The van der Waals surface area contributed by atoms with Crippen molar-refractivity contribution >= 4 is 11.6 Å². The molecule has 5 heteroatoms. The van der Waals surface area contributed by atoms with Crippen molar-refractivity contribution in [3.63, 3.8) is 0 Å². The number of aromatic nitrogens is 2. The summed E-state index contributed by atoms with van der Waals surface area (Å²) in [5.41, 5.74) is 0. The number of hydrogen-bond acceptors (Lipinski definition) is 5. The van der Waals surface area contributed by atoms with Crippen LogP contribution >= 0.6 is 0 Å². The number of unbranched alkanes of at least 4 members (excludes halogenated alkanes) is 1.